The van der Waals surface area contributed by atoms with Crippen molar-refractivity contribution in [3.05, 3.63) is 99.1 Å². The van der Waals surface area contributed by atoms with Crippen LogP contribution >= 0.6 is 34.8 Å². The predicted octanol–water partition coefficient (Wildman–Crippen LogP) is 6.32. The van der Waals surface area contributed by atoms with E-state index in [0.29, 0.717) is 38.8 Å². The zero-order valence-corrected chi connectivity index (χ0v) is 18.3. The molecule has 31 heavy (non-hydrogen) atoms. The second-order valence-electron chi connectivity index (χ2n) is 6.59. The standard InChI is InChI=1S/C22H16Cl3N3O3/c23-14-4-6-16(7-5-14)30-13-17-8-9-21(31-17)22(29)27-15-10-26-28(11-15)12-18-19(24)2-1-3-20(18)25/h1-11H,12-13H2,(H,27,29). The number of rotatable bonds is 7. The summed E-state index contributed by atoms with van der Waals surface area (Å²) in [5, 5.41) is 8.72. The lowest BCUT2D eigenvalue weighted by Crippen LogP contribution is -2.10. The van der Waals surface area contributed by atoms with E-state index in [1.54, 1.807) is 65.5 Å². The Morgan fingerprint density at radius 3 is 2.52 bits per heavy atom. The van der Waals surface area contributed by atoms with E-state index in [0.717, 1.165) is 5.56 Å². The van der Waals surface area contributed by atoms with Crippen molar-refractivity contribution < 1.29 is 13.9 Å². The van der Waals surface area contributed by atoms with Gasteiger partial charge in [-0.15, -0.1) is 0 Å². The first-order valence-corrected chi connectivity index (χ1v) is 10.3. The molecule has 1 amide bonds. The van der Waals surface area contributed by atoms with Gasteiger partial charge >= 0.3 is 0 Å². The smallest absolute Gasteiger partial charge is 0.291 e. The Morgan fingerprint density at radius 1 is 1.03 bits per heavy atom. The minimum Gasteiger partial charge on any atom is -0.486 e. The number of carbonyl (C=O) groups is 1. The first-order chi connectivity index (χ1) is 15.0. The number of carbonyl (C=O) groups excluding carboxylic acids is 1. The monoisotopic (exact) mass is 475 g/mol. The third kappa shape index (κ3) is 5.41. The van der Waals surface area contributed by atoms with E-state index in [9.17, 15) is 4.79 Å². The second kappa shape index (κ2) is 9.47. The number of nitrogens with zero attached hydrogens (tertiary/aromatic N) is 2. The number of hydrogen-bond acceptors (Lipinski definition) is 4. The number of halogens is 3. The minimum atomic E-state index is -0.395. The van der Waals surface area contributed by atoms with Crippen LogP contribution in [0.25, 0.3) is 0 Å². The molecular weight excluding hydrogens is 461 g/mol. The van der Waals surface area contributed by atoms with Crippen molar-refractivity contribution >= 4 is 46.4 Å². The number of furan rings is 1. The molecule has 2 aromatic carbocycles. The quantitative estimate of drug-likeness (QED) is 0.339. The summed E-state index contributed by atoms with van der Waals surface area (Å²) in [5.74, 6) is 0.937. The Bertz CT molecular complexity index is 1180. The highest BCUT2D eigenvalue weighted by Crippen LogP contribution is 2.25. The molecule has 0 saturated heterocycles. The summed E-state index contributed by atoms with van der Waals surface area (Å²) in [4.78, 5) is 12.5. The zero-order valence-electron chi connectivity index (χ0n) is 16.0. The van der Waals surface area contributed by atoms with E-state index in [2.05, 4.69) is 10.4 Å². The molecular formula is C22H16Cl3N3O3. The van der Waals surface area contributed by atoms with Crippen LogP contribution in [0.2, 0.25) is 15.1 Å². The molecule has 2 heterocycles. The van der Waals surface area contributed by atoms with Gasteiger partial charge in [0.1, 0.15) is 18.1 Å². The number of aromatic nitrogens is 2. The highest BCUT2D eigenvalue weighted by molar-refractivity contribution is 6.36. The summed E-state index contributed by atoms with van der Waals surface area (Å²) in [7, 11) is 0. The van der Waals surface area contributed by atoms with Crippen molar-refractivity contribution in [1.29, 1.82) is 0 Å². The number of nitrogens with one attached hydrogen (secondary N) is 1. The number of ether oxygens (including phenoxy) is 1. The molecule has 1 N–H and O–H groups in total. The third-order valence-electron chi connectivity index (χ3n) is 4.35. The Kier molecular flexibility index (Phi) is 6.51. The van der Waals surface area contributed by atoms with E-state index in [-0.39, 0.29) is 12.4 Å². The Hall–Kier alpha value is -2.93. The van der Waals surface area contributed by atoms with Gasteiger partial charge < -0.3 is 14.5 Å². The molecule has 9 heteroatoms. The molecule has 0 saturated carbocycles. The van der Waals surface area contributed by atoms with Crippen LogP contribution in [-0.2, 0) is 13.2 Å². The SMILES string of the molecule is O=C(Nc1cnn(Cc2c(Cl)cccc2Cl)c1)c1ccc(COc2ccc(Cl)cc2)o1. The van der Waals surface area contributed by atoms with Gasteiger partial charge in [0, 0.05) is 26.8 Å². The molecule has 0 spiro atoms. The number of amides is 1. The maximum atomic E-state index is 12.5. The summed E-state index contributed by atoms with van der Waals surface area (Å²) < 4.78 is 12.8. The van der Waals surface area contributed by atoms with Crippen molar-refractivity contribution in [3.8, 4) is 5.75 Å². The van der Waals surface area contributed by atoms with Crippen molar-refractivity contribution in [1.82, 2.24) is 9.78 Å². The fourth-order valence-corrected chi connectivity index (χ4v) is 3.46. The Labute approximate surface area is 193 Å². The van der Waals surface area contributed by atoms with Gasteiger partial charge in [-0.3, -0.25) is 9.48 Å². The van der Waals surface area contributed by atoms with Gasteiger partial charge in [-0.1, -0.05) is 40.9 Å². The normalized spacial score (nSPS) is 10.8. The highest BCUT2D eigenvalue weighted by atomic mass is 35.5. The predicted molar refractivity (Wildman–Crippen MR) is 120 cm³/mol. The highest BCUT2D eigenvalue weighted by Gasteiger charge is 2.14. The number of anilines is 1. The molecule has 0 aliphatic carbocycles. The summed E-state index contributed by atoms with van der Waals surface area (Å²) in [6.45, 7) is 0.562. The molecule has 0 aliphatic heterocycles. The maximum Gasteiger partial charge on any atom is 0.291 e. The van der Waals surface area contributed by atoms with Gasteiger partial charge in [0.15, 0.2) is 5.76 Å². The van der Waals surface area contributed by atoms with Crippen LogP contribution in [-0.4, -0.2) is 15.7 Å². The molecule has 0 atom stereocenters. The molecule has 0 radical (unpaired) electrons. The van der Waals surface area contributed by atoms with Gasteiger partial charge in [-0.25, -0.2) is 0 Å². The first kappa shape index (κ1) is 21.3. The lowest BCUT2D eigenvalue weighted by molar-refractivity contribution is 0.0992. The number of benzene rings is 2. The van der Waals surface area contributed by atoms with Crippen LogP contribution in [0.3, 0.4) is 0 Å². The van der Waals surface area contributed by atoms with Crippen molar-refractivity contribution in [2.45, 2.75) is 13.2 Å². The fraction of sp³-hybridized carbons (Fsp3) is 0.0909. The van der Waals surface area contributed by atoms with Crippen molar-refractivity contribution in [2.75, 3.05) is 5.32 Å². The Balaban J connectivity index is 1.35. The lowest BCUT2D eigenvalue weighted by Gasteiger charge is -2.06. The maximum absolute atomic E-state index is 12.5. The summed E-state index contributed by atoms with van der Waals surface area (Å²) in [6, 6.07) is 15.6. The van der Waals surface area contributed by atoms with Gasteiger partial charge in [0.05, 0.1) is 18.4 Å². The largest absolute Gasteiger partial charge is 0.486 e. The van der Waals surface area contributed by atoms with E-state index < -0.39 is 5.91 Å². The Morgan fingerprint density at radius 2 is 1.77 bits per heavy atom. The molecule has 0 unspecified atom stereocenters. The zero-order chi connectivity index (χ0) is 21.8. The van der Waals surface area contributed by atoms with Gasteiger partial charge in [0.2, 0.25) is 0 Å². The van der Waals surface area contributed by atoms with Crippen LogP contribution in [0, 0.1) is 0 Å². The van der Waals surface area contributed by atoms with E-state index in [4.69, 9.17) is 44.0 Å². The molecule has 6 nitrogen and oxygen atoms in total. The minimum absolute atomic E-state index is 0.164. The second-order valence-corrected chi connectivity index (χ2v) is 7.84. The van der Waals surface area contributed by atoms with Gasteiger partial charge in [-0.2, -0.15) is 5.10 Å². The lowest BCUT2D eigenvalue weighted by atomic mass is 10.2. The van der Waals surface area contributed by atoms with E-state index in [1.807, 2.05) is 0 Å². The van der Waals surface area contributed by atoms with Crippen LogP contribution in [0.4, 0.5) is 5.69 Å². The summed E-state index contributed by atoms with van der Waals surface area (Å²) >= 11 is 18.3. The van der Waals surface area contributed by atoms with Crippen LogP contribution < -0.4 is 10.1 Å². The summed E-state index contributed by atoms with van der Waals surface area (Å²) in [6.07, 6.45) is 3.22. The van der Waals surface area contributed by atoms with Gasteiger partial charge in [0.25, 0.3) is 5.91 Å². The average Bonchev–Trinajstić information content (AvgIpc) is 3.40. The molecule has 2 aromatic heterocycles. The molecule has 0 bridgehead atoms. The fourth-order valence-electron chi connectivity index (χ4n) is 2.82. The average molecular weight is 477 g/mol. The van der Waals surface area contributed by atoms with Crippen LogP contribution in [0.15, 0.2) is 71.4 Å². The number of hydrogen-bond donors (Lipinski definition) is 1. The van der Waals surface area contributed by atoms with E-state index in [1.165, 1.54) is 6.20 Å². The molecule has 0 aliphatic rings. The molecule has 4 rings (SSSR count). The molecule has 158 valence electrons. The van der Waals surface area contributed by atoms with Gasteiger partial charge in [-0.05, 0) is 48.5 Å². The summed E-state index contributed by atoms with van der Waals surface area (Å²) in [5.41, 5.74) is 1.27. The third-order valence-corrected chi connectivity index (χ3v) is 5.31. The first-order valence-electron chi connectivity index (χ1n) is 9.22. The van der Waals surface area contributed by atoms with Crippen LogP contribution in [0.5, 0.6) is 5.75 Å². The molecule has 4 aromatic rings. The van der Waals surface area contributed by atoms with E-state index >= 15 is 0 Å². The van der Waals surface area contributed by atoms with Crippen molar-refractivity contribution in [3.63, 3.8) is 0 Å². The topological polar surface area (TPSA) is 69.3 Å². The van der Waals surface area contributed by atoms with Crippen molar-refractivity contribution in [2.24, 2.45) is 0 Å². The van der Waals surface area contributed by atoms with Crippen LogP contribution in [0.1, 0.15) is 21.9 Å². The molecule has 0 fully saturated rings.